The summed E-state index contributed by atoms with van der Waals surface area (Å²) in [5, 5.41) is 31.1. The van der Waals surface area contributed by atoms with E-state index in [0.717, 1.165) is 0 Å². The standard InChI is InChI=1S/C4H3N10O4/c15-13(16)11-3-5-1(7-9-3)2-6-4(10-8-2)12-14(17)18/h(H3-,5,6,7,8,9,10,11,12)/q-1. The number of hydrogen-bond acceptors (Lipinski definition) is 8. The molecule has 2 aromatic rings. The SMILES string of the molecule is O=[N+]([O-])Nc1nnc(-c2n[nH]c(N[N+](=O)[O-])n2)[n-]1. The average Bonchev–Trinajstić information content (AvgIpc) is 2.85. The quantitative estimate of drug-likeness (QED) is 0.412. The van der Waals surface area contributed by atoms with E-state index in [0.29, 0.717) is 0 Å². The summed E-state index contributed by atoms with van der Waals surface area (Å²) in [5.41, 5.74) is 3.41. The molecule has 2 heterocycles. The van der Waals surface area contributed by atoms with Crippen LogP contribution in [-0.2, 0) is 0 Å². The molecule has 0 saturated heterocycles. The van der Waals surface area contributed by atoms with Crippen molar-refractivity contribution in [1.82, 2.24) is 30.4 Å². The second kappa shape index (κ2) is 4.28. The summed E-state index contributed by atoms with van der Waals surface area (Å²) in [6, 6.07) is 0. The highest BCUT2D eigenvalue weighted by Gasteiger charge is 2.09. The minimum Gasteiger partial charge on any atom is -0.307 e. The van der Waals surface area contributed by atoms with Gasteiger partial charge < -0.3 is 4.98 Å². The van der Waals surface area contributed by atoms with Crippen LogP contribution in [0, 0.1) is 20.2 Å². The Labute approximate surface area is 96.1 Å². The molecule has 0 aromatic carbocycles. The summed E-state index contributed by atoms with van der Waals surface area (Å²) in [6.45, 7) is 0. The monoisotopic (exact) mass is 255 g/mol. The molecule has 0 bridgehead atoms. The predicted molar refractivity (Wildman–Crippen MR) is 52.0 cm³/mol. The fourth-order valence-corrected chi connectivity index (χ4v) is 0.962. The number of nitro groups is 2. The van der Waals surface area contributed by atoms with E-state index < -0.39 is 10.1 Å². The molecule has 0 aliphatic rings. The first-order valence-corrected chi connectivity index (χ1v) is 4.17. The topological polar surface area (TPSA) is 192 Å². The van der Waals surface area contributed by atoms with E-state index in [1.165, 1.54) is 0 Å². The van der Waals surface area contributed by atoms with Crippen molar-refractivity contribution in [3.63, 3.8) is 0 Å². The predicted octanol–water partition coefficient (Wildman–Crippen LogP) is -1.57. The summed E-state index contributed by atoms with van der Waals surface area (Å²) < 4.78 is 0. The molecule has 0 amide bonds. The van der Waals surface area contributed by atoms with Gasteiger partial charge in [0.2, 0.25) is 0 Å². The molecule has 0 aliphatic heterocycles. The van der Waals surface area contributed by atoms with Crippen molar-refractivity contribution in [1.29, 1.82) is 0 Å². The first-order chi connectivity index (χ1) is 8.54. The molecule has 18 heavy (non-hydrogen) atoms. The number of H-pyrrole nitrogens is 1. The van der Waals surface area contributed by atoms with Crippen LogP contribution in [-0.4, -0.2) is 35.4 Å². The van der Waals surface area contributed by atoms with Crippen LogP contribution in [0.5, 0.6) is 0 Å². The molecule has 3 N–H and O–H groups in total. The molecule has 0 saturated carbocycles. The van der Waals surface area contributed by atoms with Crippen LogP contribution in [0.3, 0.4) is 0 Å². The van der Waals surface area contributed by atoms with E-state index in [9.17, 15) is 20.2 Å². The van der Waals surface area contributed by atoms with Crippen LogP contribution in [0.25, 0.3) is 11.6 Å². The van der Waals surface area contributed by atoms with Crippen LogP contribution in [0.15, 0.2) is 0 Å². The van der Waals surface area contributed by atoms with Gasteiger partial charge in [-0.3, -0.25) is 10.2 Å². The molecule has 0 atom stereocenters. The number of hydrogen-bond donors (Lipinski definition) is 3. The maximum Gasteiger partial charge on any atom is 0.281 e. The van der Waals surface area contributed by atoms with Crippen LogP contribution >= 0.6 is 0 Å². The molecule has 14 heteroatoms. The van der Waals surface area contributed by atoms with Gasteiger partial charge in [-0.2, -0.15) is 10.1 Å². The fourth-order valence-electron chi connectivity index (χ4n) is 0.962. The smallest absolute Gasteiger partial charge is 0.281 e. The third-order valence-electron chi connectivity index (χ3n) is 1.53. The Kier molecular flexibility index (Phi) is 2.65. The van der Waals surface area contributed by atoms with Crippen LogP contribution < -0.4 is 15.8 Å². The van der Waals surface area contributed by atoms with E-state index in [1.807, 2.05) is 0 Å². The van der Waals surface area contributed by atoms with Crippen LogP contribution in [0.4, 0.5) is 11.9 Å². The van der Waals surface area contributed by atoms with E-state index >= 15 is 0 Å². The van der Waals surface area contributed by atoms with E-state index in [-0.39, 0.29) is 23.5 Å². The lowest BCUT2D eigenvalue weighted by Gasteiger charge is -1.94. The lowest BCUT2D eigenvalue weighted by molar-refractivity contribution is -0.446. The summed E-state index contributed by atoms with van der Waals surface area (Å²) in [5.74, 6) is -0.789. The summed E-state index contributed by atoms with van der Waals surface area (Å²) in [7, 11) is 0. The maximum absolute atomic E-state index is 10.1. The van der Waals surface area contributed by atoms with Crippen molar-refractivity contribution in [3.05, 3.63) is 20.2 Å². The third-order valence-corrected chi connectivity index (χ3v) is 1.53. The van der Waals surface area contributed by atoms with E-state index in [4.69, 9.17) is 0 Å². The molecule has 0 fully saturated rings. The highest BCUT2D eigenvalue weighted by Crippen LogP contribution is 2.10. The molecule has 14 nitrogen and oxygen atoms in total. The number of aromatic amines is 1. The van der Waals surface area contributed by atoms with Gasteiger partial charge in [0.05, 0.1) is 0 Å². The Bertz CT molecular complexity index is 534. The lowest BCUT2D eigenvalue weighted by atomic mass is 10.6. The zero-order chi connectivity index (χ0) is 13.1. The Morgan fingerprint density at radius 3 is 2.56 bits per heavy atom. The Morgan fingerprint density at radius 1 is 1.17 bits per heavy atom. The molecule has 2 rings (SSSR count). The van der Waals surface area contributed by atoms with Crippen LogP contribution in [0.2, 0.25) is 0 Å². The lowest BCUT2D eigenvalue weighted by Crippen LogP contribution is -2.09. The highest BCUT2D eigenvalue weighted by atomic mass is 16.7. The average molecular weight is 255 g/mol. The number of hydrazine groups is 2. The number of nitrogens with one attached hydrogen (secondary N) is 3. The van der Waals surface area contributed by atoms with Gasteiger partial charge in [0, 0.05) is 0 Å². The third kappa shape index (κ3) is 2.43. The van der Waals surface area contributed by atoms with Gasteiger partial charge in [-0.1, -0.05) is 5.43 Å². The second-order valence-electron chi connectivity index (χ2n) is 2.70. The number of nitrogens with zero attached hydrogens (tertiary/aromatic N) is 7. The first kappa shape index (κ1) is 11.2. The fraction of sp³-hybridized carbons (Fsp3) is 0. The molecule has 94 valence electrons. The largest absolute Gasteiger partial charge is 0.307 e. The summed E-state index contributed by atoms with van der Waals surface area (Å²) >= 11 is 0. The van der Waals surface area contributed by atoms with Gasteiger partial charge in [-0.25, -0.2) is 25.3 Å². The van der Waals surface area contributed by atoms with Gasteiger partial charge in [0.25, 0.3) is 5.95 Å². The normalized spacial score (nSPS) is 10.0. The van der Waals surface area contributed by atoms with Crippen molar-refractivity contribution in [2.24, 2.45) is 0 Å². The van der Waals surface area contributed by atoms with E-state index in [1.54, 1.807) is 10.9 Å². The van der Waals surface area contributed by atoms with Gasteiger partial charge in [-0.05, 0) is 0 Å². The maximum atomic E-state index is 10.1. The van der Waals surface area contributed by atoms with Gasteiger partial charge >= 0.3 is 0 Å². The second-order valence-corrected chi connectivity index (χ2v) is 2.70. The number of aromatic nitrogens is 6. The highest BCUT2D eigenvalue weighted by molar-refractivity contribution is 5.46. The summed E-state index contributed by atoms with van der Waals surface area (Å²) in [4.78, 5) is 27.4. The Balaban J connectivity index is 2.15. The minimum absolute atomic E-state index is 0.0942. The van der Waals surface area contributed by atoms with Crippen molar-refractivity contribution >= 4 is 11.9 Å². The van der Waals surface area contributed by atoms with Gasteiger partial charge in [0.1, 0.15) is 16.8 Å². The van der Waals surface area contributed by atoms with Gasteiger partial charge in [-0.15, -0.1) is 5.43 Å². The van der Waals surface area contributed by atoms with Crippen molar-refractivity contribution < 1.29 is 10.1 Å². The van der Waals surface area contributed by atoms with Crippen molar-refractivity contribution in [2.45, 2.75) is 0 Å². The Hall–Kier alpha value is -3.32. The molecule has 0 spiro atoms. The minimum atomic E-state index is -0.863. The zero-order valence-corrected chi connectivity index (χ0v) is 8.26. The Morgan fingerprint density at radius 2 is 1.89 bits per heavy atom. The molecule has 0 aliphatic carbocycles. The molecule has 0 unspecified atom stereocenters. The molecular weight excluding hydrogens is 252 g/mol. The first-order valence-electron chi connectivity index (χ1n) is 4.17. The number of rotatable bonds is 5. The molecular formula is C4H3N10O4-. The van der Waals surface area contributed by atoms with Crippen molar-refractivity contribution in [2.75, 3.05) is 10.9 Å². The zero-order valence-electron chi connectivity index (χ0n) is 8.26. The summed E-state index contributed by atoms with van der Waals surface area (Å²) in [6.07, 6.45) is 0. The molecule has 2 aromatic heterocycles. The van der Waals surface area contributed by atoms with Gasteiger partial charge in [0.15, 0.2) is 10.9 Å². The van der Waals surface area contributed by atoms with Crippen molar-refractivity contribution in [3.8, 4) is 11.6 Å². The number of anilines is 2. The molecule has 0 radical (unpaired) electrons. The van der Waals surface area contributed by atoms with E-state index in [2.05, 4.69) is 30.4 Å². The van der Waals surface area contributed by atoms with Crippen LogP contribution in [0.1, 0.15) is 0 Å².